The molecule has 2 aromatic carbocycles. The number of nitrogens with zero attached hydrogens (tertiary/aromatic N) is 2. The third-order valence-electron chi connectivity index (χ3n) is 5.55. The molecule has 0 saturated carbocycles. The van der Waals surface area contributed by atoms with Crippen LogP contribution in [0.1, 0.15) is 54.6 Å². The molecule has 3 nitrogen and oxygen atoms in total. The molecule has 0 spiro atoms. The minimum Gasteiger partial charge on any atom is -0.304 e. The van der Waals surface area contributed by atoms with Crippen molar-refractivity contribution in [3.05, 3.63) is 64.7 Å². The highest BCUT2D eigenvalue weighted by atomic mass is 19.2. The third kappa shape index (κ3) is 5.36. The summed E-state index contributed by atoms with van der Waals surface area (Å²) in [7, 11) is 0. The van der Waals surface area contributed by atoms with Gasteiger partial charge in [0, 0.05) is 17.7 Å². The molecule has 29 heavy (non-hydrogen) atoms. The lowest BCUT2D eigenvalue weighted by Crippen LogP contribution is -2.24. The Balaban J connectivity index is 1.68. The molecule has 1 aliphatic heterocycles. The van der Waals surface area contributed by atoms with E-state index in [1.807, 2.05) is 18.2 Å². The molecule has 0 N–H and O–H groups in total. The summed E-state index contributed by atoms with van der Waals surface area (Å²) in [5.74, 6) is -1.62. The Hall–Kier alpha value is -2.40. The van der Waals surface area contributed by atoms with Crippen molar-refractivity contribution in [2.45, 2.75) is 46.0 Å². The predicted octanol–water partition coefficient (Wildman–Crippen LogP) is 5.53. The van der Waals surface area contributed by atoms with Crippen LogP contribution in [0.3, 0.4) is 0 Å². The van der Waals surface area contributed by atoms with Gasteiger partial charge in [-0.1, -0.05) is 32.0 Å². The second-order valence-corrected chi connectivity index (χ2v) is 7.47. The van der Waals surface area contributed by atoms with E-state index in [4.69, 9.17) is 0 Å². The summed E-state index contributed by atoms with van der Waals surface area (Å²) in [6.07, 6.45) is 3.01. The van der Waals surface area contributed by atoms with Gasteiger partial charge in [-0.25, -0.2) is 8.78 Å². The smallest absolute Gasteiger partial charge is 0.170 e. The van der Waals surface area contributed by atoms with Crippen molar-refractivity contribution in [3.8, 4) is 0 Å². The first-order chi connectivity index (χ1) is 14.0. The van der Waals surface area contributed by atoms with Gasteiger partial charge in [0.1, 0.15) is 0 Å². The van der Waals surface area contributed by atoms with Gasteiger partial charge in [0.05, 0.1) is 5.69 Å². The van der Waals surface area contributed by atoms with Crippen LogP contribution < -0.4 is 0 Å². The van der Waals surface area contributed by atoms with Crippen molar-refractivity contribution in [1.29, 1.82) is 0 Å². The number of aliphatic imine (C=N–C) groups is 1. The van der Waals surface area contributed by atoms with Crippen LogP contribution in [0.25, 0.3) is 0 Å². The molecule has 3 rings (SSSR count). The zero-order valence-electron chi connectivity index (χ0n) is 17.2. The number of halogens is 2. The van der Waals surface area contributed by atoms with Gasteiger partial charge in [0.2, 0.25) is 0 Å². The molecule has 0 unspecified atom stereocenters. The largest absolute Gasteiger partial charge is 0.304 e. The first-order valence-electron chi connectivity index (χ1n) is 10.4. The first-order valence-corrected chi connectivity index (χ1v) is 10.4. The van der Waals surface area contributed by atoms with Crippen molar-refractivity contribution in [2.24, 2.45) is 4.99 Å². The molecule has 0 fully saturated rings. The number of carbonyl (C=O) groups excluding carboxylic acids is 1. The van der Waals surface area contributed by atoms with Crippen molar-refractivity contribution in [3.63, 3.8) is 0 Å². The van der Waals surface area contributed by atoms with Crippen LogP contribution in [0.5, 0.6) is 0 Å². The molecule has 154 valence electrons. The molecule has 0 radical (unpaired) electrons. The number of aryl methyl sites for hydroxylation is 2. The molecule has 0 amide bonds. The fourth-order valence-electron chi connectivity index (χ4n) is 3.76. The van der Waals surface area contributed by atoms with E-state index < -0.39 is 11.6 Å². The number of benzene rings is 2. The van der Waals surface area contributed by atoms with Crippen LogP contribution in [0.2, 0.25) is 0 Å². The van der Waals surface area contributed by atoms with Crippen molar-refractivity contribution >= 4 is 17.2 Å². The van der Waals surface area contributed by atoms with Crippen LogP contribution in [0, 0.1) is 11.6 Å². The average molecular weight is 398 g/mol. The normalized spacial score (nSPS) is 13.6. The number of carbonyl (C=O) groups is 1. The number of fused-ring (bicyclic) bond motifs is 1. The number of hydrogen-bond acceptors (Lipinski definition) is 3. The van der Waals surface area contributed by atoms with Crippen molar-refractivity contribution in [2.75, 3.05) is 19.6 Å². The Morgan fingerprint density at radius 2 is 1.83 bits per heavy atom. The Bertz CT molecular complexity index is 904. The average Bonchev–Trinajstić information content (AvgIpc) is 2.72. The van der Waals surface area contributed by atoms with E-state index >= 15 is 0 Å². The van der Waals surface area contributed by atoms with Gasteiger partial charge < -0.3 is 4.90 Å². The van der Waals surface area contributed by atoms with Gasteiger partial charge in [0.15, 0.2) is 17.4 Å². The molecule has 5 heteroatoms. The lowest BCUT2D eigenvalue weighted by Gasteiger charge is -2.18. The topological polar surface area (TPSA) is 32.7 Å². The van der Waals surface area contributed by atoms with Gasteiger partial charge in [-0.05, 0) is 74.6 Å². The quantitative estimate of drug-likeness (QED) is 0.556. The Labute approximate surface area is 171 Å². The van der Waals surface area contributed by atoms with E-state index in [2.05, 4.69) is 23.7 Å². The minimum atomic E-state index is -0.844. The number of hydrogen-bond donors (Lipinski definition) is 0. The van der Waals surface area contributed by atoms with Crippen molar-refractivity contribution < 1.29 is 13.6 Å². The zero-order chi connectivity index (χ0) is 20.8. The van der Waals surface area contributed by atoms with E-state index in [1.54, 1.807) is 6.07 Å². The monoisotopic (exact) mass is 398 g/mol. The summed E-state index contributed by atoms with van der Waals surface area (Å²) in [6.45, 7) is 7.49. The molecule has 0 saturated heterocycles. The maximum atomic E-state index is 13.9. The summed E-state index contributed by atoms with van der Waals surface area (Å²) in [6, 6.07) is 10.1. The Morgan fingerprint density at radius 1 is 1.03 bits per heavy atom. The standard InChI is InChI=1S/C24H28F2N2O/c1-3-28(4-2)14-6-7-17-10-13-20-22(15-17)27-19(16-23(20)29)12-11-18-8-5-9-21(25)24(18)26/h5,8-10,13,15H,3-4,6-7,11-12,14,16H2,1-2H3. The van der Waals surface area contributed by atoms with E-state index in [1.165, 1.54) is 11.6 Å². The molecule has 1 heterocycles. The highest BCUT2D eigenvalue weighted by Gasteiger charge is 2.20. The second-order valence-electron chi connectivity index (χ2n) is 7.47. The molecule has 0 bridgehead atoms. The Morgan fingerprint density at radius 3 is 2.59 bits per heavy atom. The third-order valence-corrected chi connectivity index (χ3v) is 5.55. The number of ketones is 1. The minimum absolute atomic E-state index is 0.0411. The molecule has 0 aliphatic carbocycles. The molecule has 0 aromatic heterocycles. The fraction of sp³-hybridized carbons (Fsp3) is 0.417. The fourth-order valence-corrected chi connectivity index (χ4v) is 3.76. The highest BCUT2D eigenvalue weighted by Crippen LogP contribution is 2.29. The summed E-state index contributed by atoms with van der Waals surface area (Å²) in [4.78, 5) is 19.6. The van der Waals surface area contributed by atoms with Crippen LogP contribution >= 0.6 is 0 Å². The number of rotatable bonds is 9. The molecule has 2 aromatic rings. The van der Waals surface area contributed by atoms with Crippen LogP contribution in [0.4, 0.5) is 14.5 Å². The highest BCUT2D eigenvalue weighted by molar-refractivity contribution is 6.15. The predicted molar refractivity (Wildman–Crippen MR) is 113 cm³/mol. The SMILES string of the molecule is CCN(CC)CCCc1ccc2c(c1)N=C(CCc1cccc(F)c1F)CC2=O. The van der Waals surface area contributed by atoms with E-state index in [0.717, 1.165) is 44.3 Å². The molecular weight excluding hydrogens is 370 g/mol. The molecular formula is C24H28F2N2O. The van der Waals surface area contributed by atoms with Crippen molar-refractivity contribution in [1.82, 2.24) is 4.90 Å². The Kier molecular flexibility index (Phi) is 7.26. The van der Waals surface area contributed by atoms with Gasteiger partial charge in [0.25, 0.3) is 0 Å². The van der Waals surface area contributed by atoms with Gasteiger partial charge >= 0.3 is 0 Å². The van der Waals surface area contributed by atoms with Crippen LogP contribution in [-0.4, -0.2) is 36.0 Å². The number of Topliss-reactive ketones (excluding diaryl/α,β-unsaturated/α-hetero) is 1. The zero-order valence-corrected chi connectivity index (χ0v) is 17.2. The van der Waals surface area contributed by atoms with Crippen LogP contribution in [-0.2, 0) is 12.8 Å². The van der Waals surface area contributed by atoms with E-state index in [0.29, 0.717) is 29.7 Å². The molecule has 1 aliphatic rings. The lowest BCUT2D eigenvalue weighted by molar-refractivity contribution is 0.0999. The van der Waals surface area contributed by atoms with Crippen LogP contribution in [0.15, 0.2) is 41.4 Å². The summed E-state index contributed by atoms with van der Waals surface area (Å²) in [5.41, 5.74) is 3.57. The second kappa shape index (κ2) is 9.88. The maximum Gasteiger partial charge on any atom is 0.170 e. The summed E-state index contributed by atoms with van der Waals surface area (Å²) >= 11 is 0. The van der Waals surface area contributed by atoms with E-state index in [-0.39, 0.29) is 12.2 Å². The van der Waals surface area contributed by atoms with Gasteiger partial charge in [-0.3, -0.25) is 9.79 Å². The van der Waals surface area contributed by atoms with E-state index in [9.17, 15) is 13.6 Å². The van der Waals surface area contributed by atoms with Gasteiger partial charge in [-0.15, -0.1) is 0 Å². The summed E-state index contributed by atoms with van der Waals surface area (Å²) < 4.78 is 27.2. The first kappa shape index (κ1) is 21.3. The maximum absolute atomic E-state index is 13.9. The van der Waals surface area contributed by atoms with Gasteiger partial charge in [-0.2, -0.15) is 0 Å². The molecule has 0 atom stereocenters. The lowest BCUT2D eigenvalue weighted by atomic mass is 9.94. The summed E-state index contributed by atoms with van der Waals surface area (Å²) in [5, 5.41) is 0.